The predicted octanol–water partition coefficient (Wildman–Crippen LogP) is 4.49. The van der Waals surface area contributed by atoms with E-state index in [9.17, 15) is 13.2 Å². The topological polar surface area (TPSA) is 76.1 Å². The van der Waals surface area contributed by atoms with Gasteiger partial charge in [-0.3, -0.25) is 4.79 Å². The molecule has 26 heavy (non-hydrogen) atoms. The smallest absolute Gasteiger partial charge is 0.233 e. The van der Waals surface area contributed by atoms with Crippen molar-refractivity contribution in [1.82, 2.24) is 4.98 Å². The first-order chi connectivity index (χ1) is 11.9. The van der Waals surface area contributed by atoms with Crippen LogP contribution in [0.25, 0.3) is 0 Å². The van der Waals surface area contributed by atoms with Crippen molar-refractivity contribution in [1.29, 1.82) is 0 Å². The first-order valence-electron chi connectivity index (χ1n) is 8.44. The molecule has 1 aromatic carbocycles. The molecule has 142 valence electrons. The van der Waals surface area contributed by atoms with E-state index in [0.717, 1.165) is 24.8 Å². The van der Waals surface area contributed by atoms with Crippen LogP contribution in [0.2, 0.25) is 0 Å². The Balaban J connectivity index is 0.00000243. The molecule has 1 aliphatic rings. The Morgan fingerprint density at radius 3 is 2.46 bits per heavy atom. The van der Waals surface area contributed by atoms with Crippen molar-refractivity contribution in [2.24, 2.45) is 5.92 Å². The number of benzene rings is 1. The highest BCUT2D eigenvalue weighted by atomic mass is 32.2. The summed E-state index contributed by atoms with van der Waals surface area (Å²) in [5.41, 5.74) is 0.855. The van der Waals surface area contributed by atoms with Gasteiger partial charge in [-0.25, -0.2) is 13.4 Å². The minimum atomic E-state index is -3.24. The van der Waals surface area contributed by atoms with Gasteiger partial charge in [0.25, 0.3) is 0 Å². The highest BCUT2D eigenvalue weighted by molar-refractivity contribution is 7.90. The second-order valence-corrected chi connectivity index (χ2v) is 9.52. The first-order valence-corrected chi connectivity index (χ1v) is 11.2. The van der Waals surface area contributed by atoms with E-state index in [0.29, 0.717) is 11.0 Å². The normalized spacial score (nSPS) is 16.0. The molecule has 1 aliphatic carbocycles. The van der Waals surface area contributed by atoms with Gasteiger partial charge < -0.3 is 5.32 Å². The number of carbonyl (C=O) groups excluding carboxylic acids is 1. The van der Waals surface area contributed by atoms with E-state index in [1.807, 2.05) is 5.38 Å². The largest absolute Gasteiger partial charge is 0.301 e. The van der Waals surface area contributed by atoms with Gasteiger partial charge in [0.2, 0.25) is 5.91 Å². The van der Waals surface area contributed by atoms with Crippen LogP contribution in [-0.2, 0) is 14.6 Å². The molecule has 1 fully saturated rings. The number of amides is 1. The molecule has 1 N–H and O–H groups in total. The molecule has 0 spiro atoms. The highest BCUT2D eigenvalue weighted by Crippen LogP contribution is 2.35. The third kappa shape index (κ3) is 5.14. The molecule has 1 amide bonds. The lowest BCUT2D eigenvalue weighted by Crippen LogP contribution is -2.23. The number of carbonyl (C=O) groups is 1. The zero-order valence-corrected chi connectivity index (χ0v) is 15.8. The van der Waals surface area contributed by atoms with E-state index in [1.54, 1.807) is 30.5 Å². The lowest BCUT2D eigenvalue weighted by molar-refractivity contribution is -0.118. The quantitative estimate of drug-likeness (QED) is 0.783. The van der Waals surface area contributed by atoms with Gasteiger partial charge in [-0.2, -0.15) is 0 Å². The summed E-state index contributed by atoms with van der Waals surface area (Å²) < 4.78 is 23.3. The van der Waals surface area contributed by atoms with Gasteiger partial charge in [0.05, 0.1) is 10.8 Å². The molecule has 0 radical (unpaired) electrons. The van der Waals surface area contributed by atoms with Crippen molar-refractivity contribution in [3.05, 3.63) is 41.4 Å². The molecule has 5 nitrogen and oxygen atoms in total. The number of nitrogens with zero attached hydrogens (tertiary/aromatic N) is 1. The van der Waals surface area contributed by atoms with Crippen LogP contribution in [0.1, 0.15) is 51.0 Å². The average molecular weight is 395 g/mol. The average Bonchev–Trinajstić information content (AvgIpc) is 3.25. The van der Waals surface area contributed by atoms with Crippen LogP contribution < -0.4 is 5.32 Å². The lowest BCUT2D eigenvalue weighted by atomic mass is 9.87. The van der Waals surface area contributed by atoms with E-state index in [4.69, 9.17) is 0 Å². The highest BCUT2D eigenvalue weighted by Gasteiger charge is 2.27. The molecule has 1 unspecified atom stereocenters. The first kappa shape index (κ1) is 20.6. The van der Waals surface area contributed by atoms with Gasteiger partial charge >= 0.3 is 0 Å². The van der Waals surface area contributed by atoms with Crippen molar-refractivity contribution in [3.63, 3.8) is 0 Å². The predicted molar refractivity (Wildman–Crippen MR) is 106 cm³/mol. The zero-order valence-electron chi connectivity index (χ0n) is 14.1. The fraction of sp³-hybridized carbons (Fsp3) is 0.474. The standard InChI is InChI=1S/C18H22N2O3S2.CH4/c1-25(22,23)15-8-6-14(7-9-15)16(12-13-4-2-3-5-13)17(21)20-18-19-10-11-24-18;/h6-11,13,16H,2-5,12H2,1H3,(H,19,20,21);1H4. The Kier molecular flexibility index (Phi) is 6.94. The second-order valence-electron chi connectivity index (χ2n) is 6.61. The number of anilines is 1. The Labute approximate surface area is 159 Å². The van der Waals surface area contributed by atoms with Crippen molar-refractivity contribution in [2.75, 3.05) is 11.6 Å². The third-order valence-corrected chi connectivity index (χ3v) is 6.55. The summed E-state index contributed by atoms with van der Waals surface area (Å²) in [6.45, 7) is 0. The van der Waals surface area contributed by atoms with Crippen molar-refractivity contribution in [3.8, 4) is 0 Å². The van der Waals surface area contributed by atoms with Gasteiger partial charge in [0.15, 0.2) is 15.0 Å². The van der Waals surface area contributed by atoms with Crippen molar-refractivity contribution in [2.45, 2.75) is 50.3 Å². The summed E-state index contributed by atoms with van der Waals surface area (Å²) in [6, 6.07) is 6.70. The molecular weight excluding hydrogens is 368 g/mol. The summed E-state index contributed by atoms with van der Waals surface area (Å²) >= 11 is 1.39. The van der Waals surface area contributed by atoms with E-state index in [-0.39, 0.29) is 24.1 Å². The van der Waals surface area contributed by atoms with Crippen molar-refractivity contribution >= 4 is 32.2 Å². The summed E-state index contributed by atoms with van der Waals surface area (Å²) in [7, 11) is -3.24. The molecule has 3 rings (SSSR count). The number of nitrogens with one attached hydrogen (secondary N) is 1. The van der Waals surface area contributed by atoms with Crippen LogP contribution in [-0.4, -0.2) is 25.6 Å². The molecule has 1 saturated carbocycles. The molecule has 7 heteroatoms. The van der Waals surface area contributed by atoms with Gasteiger partial charge in [-0.1, -0.05) is 45.2 Å². The van der Waals surface area contributed by atoms with Crippen LogP contribution in [0.3, 0.4) is 0 Å². The molecule has 1 atom stereocenters. The summed E-state index contributed by atoms with van der Waals surface area (Å²) in [5, 5.41) is 5.30. The van der Waals surface area contributed by atoms with Crippen LogP contribution in [0.15, 0.2) is 40.7 Å². The Hall–Kier alpha value is -1.73. The van der Waals surface area contributed by atoms with Crippen LogP contribution in [0, 0.1) is 5.92 Å². The molecule has 1 heterocycles. The van der Waals surface area contributed by atoms with E-state index in [2.05, 4.69) is 10.3 Å². The molecule has 2 aromatic rings. The maximum atomic E-state index is 12.8. The fourth-order valence-corrected chi connectivity index (χ4v) is 4.56. The minimum Gasteiger partial charge on any atom is -0.301 e. The summed E-state index contributed by atoms with van der Waals surface area (Å²) in [4.78, 5) is 17.2. The Morgan fingerprint density at radius 1 is 1.27 bits per heavy atom. The van der Waals surface area contributed by atoms with Crippen LogP contribution in [0.5, 0.6) is 0 Å². The van der Waals surface area contributed by atoms with Crippen molar-refractivity contribution < 1.29 is 13.2 Å². The third-order valence-electron chi connectivity index (χ3n) is 4.73. The number of hydrogen-bond acceptors (Lipinski definition) is 5. The van der Waals surface area contributed by atoms with Crippen LogP contribution >= 0.6 is 11.3 Å². The number of hydrogen-bond donors (Lipinski definition) is 1. The summed E-state index contributed by atoms with van der Waals surface area (Å²) in [5.74, 6) is 0.177. The molecule has 1 aromatic heterocycles. The number of sulfone groups is 1. The monoisotopic (exact) mass is 394 g/mol. The summed E-state index contributed by atoms with van der Waals surface area (Å²) in [6.07, 6.45) is 8.39. The number of aromatic nitrogens is 1. The van der Waals surface area contributed by atoms with E-state index in [1.165, 1.54) is 30.4 Å². The lowest BCUT2D eigenvalue weighted by Gasteiger charge is -2.20. The SMILES string of the molecule is C.CS(=O)(=O)c1ccc(C(CC2CCCC2)C(=O)Nc2nccs2)cc1. The van der Waals surface area contributed by atoms with Gasteiger partial charge in [0, 0.05) is 17.8 Å². The molecule has 0 saturated heterocycles. The maximum Gasteiger partial charge on any atom is 0.233 e. The molecule has 0 bridgehead atoms. The van der Waals surface area contributed by atoms with Gasteiger partial charge in [-0.15, -0.1) is 11.3 Å². The van der Waals surface area contributed by atoms with E-state index >= 15 is 0 Å². The zero-order chi connectivity index (χ0) is 17.9. The number of thiazole rings is 1. The Morgan fingerprint density at radius 2 is 1.92 bits per heavy atom. The van der Waals surface area contributed by atoms with Gasteiger partial charge in [-0.05, 0) is 30.0 Å². The fourth-order valence-electron chi connectivity index (χ4n) is 3.40. The van der Waals surface area contributed by atoms with Gasteiger partial charge in [0.1, 0.15) is 0 Å². The maximum absolute atomic E-state index is 12.8. The number of rotatable bonds is 6. The van der Waals surface area contributed by atoms with E-state index < -0.39 is 9.84 Å². The Bertz CT molecular complexity index is 809. The molecular formula is C19H26N2O3S2. The second kappa shape index (κ2) is 8.77. The molecule has 0 aliphatic heterocycles. The van der Waals surface area contributed by atoms with Crippen LogP contribution in [0.4, 0.5) is 5.13 Å². The minimum absolute atomic E-state index is 0.